The van der Waals surface area contributed by atoms with Gasteiger partial charge in [-0.15, -0.1) is 0 Å². The van der Waals surface area contributed by atoms with Gasteiger partial charge in [0.25, 0.3) is 5.91 Å². The van der Waals surface area contributed by atoms with Crippen LogP contribution < -0.4 is 4.90 Å². The molecule has 1 aliphatic heterocycles. The van der Waals surface area contributed by atoms with Crippen molar-refractivity contribution in [1.29, 1.82) is 0 Å². The van der Waals surface area contributed by atoms with Gasteiger partial charge >= 0.3 is 5.97 Å². The maximum absolute atomic E-state index is 12.9. The van der Waals surface area contributed by atoms with Crippen LogP contribution in [-0.2, 0) is 9.53 Å². The van der Waals surface area contributed by atoms with Gasteiger partial charge in [-0.05, 0) is 42.8 Å². The molecule has 1 fully saturated rings. The topological polar surface area (TPSA) is 59.8 Å². The number of benzene rings is 2. The zero-order valence-corrected chi connectivity index (χ0v) is 17.9. The number of thioether (sulfide) groups is 1. The number of hydrogen-bond donors (Lipinski definition) is 0. The van der Waals surface area contributed by atoms with E-state index in [1.54, 1.807) is 36.4 Å². The van der Waals surface area contributed by atoms with Crippen LogP contribution in [0.25, 0.3) is 17.4 Å². The Morgan fingerprint density at radius 3 is 2.70 bits per heavy atom. The largest absolute Gasteiger partial charge is 0.465 e. The first-order chi connectivity index (χ1) is 14.5. The lowest BCUT2D eigenvalue weighted by atomic mass is 10.1. The molecule has 0 saturated carbocycles. The van der Waals surface area contributed by atoms with Crippen molar-refractivity contribution in [3.63, 3.8) is 0 Å². The molecule has 1 aromatic heterocycles. The summed E-state index contributed by atoms with van der Waals surface area (Å²) in [6.45, 7) is 1.97. The van der Waals surface area contributed by atoms with E-state index < -0.39 is 5.97 Å². The molecule has 1 amide bonds. The summed E-state index contributed by atoms with van der Waals surface area (Å²) < 4.78 is 11.2. The third kappa shape index (κ3) is 3.81. The van der Waals surface area contributed by atoms with Crippen molar-refractivity contribution in [1.82, 2.24) is 0 Å². The molecule has 1 saturated heterocycles. The average Bonchev–Trinajstić information content (AvgIpc) is 3.31. The van der Waals surface area contributed by atoms with Crippen molar-refractivity contribution < 1.29 is 18.7 Å². The Labute approximate surface area is 183 Å². The number of methoxy groups -OCH3 is 1. The first-order valence-electron chi connectivity index (χ1n) is 9.10. The van der Waals surface area contributed by atoms with E-state index in [4.69, 9.17) is 21.4 Å². The van der Waals surface area contributed by atoms with Crippen LogP contribution in [0.3, 0.4) is 0 Å². The maximum atomic E-state index is 12.9. The Morgan fingerprint density at radius 2 is 1.93 bits per heavy atom. The fourth-order valence-electron chi connectivity index (χ4n) is 3.15. The van der Waals surface area contributed by atoms with Crippen LogP contribution in [0.15, 0.2) is 70.0 Å². The molecule has 0 N–H and O–H groups in total. The van der Waals surface area contributed by atoms with Crippen molar-refractivity contribution >= 4 is 51.9 Å². The Kier molecular flexibility index (Phi) is 5.57. The second kappa shape index (κ2) is 8.30. The SMILES string of the molecule is COC(=O)c1ccccc1-c1ccc(/C=C2/SC(=S)N(c3cccc(C)c3)C2=O)o1. The molecule has 0 aliphatic carbocycles. The van der Waals surface area contributed by atoms with Crippen LogP contribution in [0.4, 0.5) is 5.69 Å². The van der Waals surface area contributed by atoms with Crippen LogP contribution in [0, 0.1) is 6.92 Å². The first kappa shape index (κ1) is 20.1. The van der Waals surface area contributed by atoms with Crippen molar-refractivity contribution in [2.24, 2.45) is 0 Å². The molecule has 5 nitrogen and oxygen atoms in total. The molecular formula is C23H17NO4S2. The number of nitrogens with zero attached hydrogens (tertiary/aromatic N) is 1. The summed E-state index contributed by atoms with van der Waals surface area (Å²) in [6.07, 6.45) is 1.67. The monoisotopic (exact) mass is 435 g/mol. The fraction of sp³-hybridized carbons (Fsp3) is 0.0870. The molecule has 2 aromatic carbocycles. The highest BCUT2D eigenvalue weighted by atomic mass is 32.2. The minimum Gasteiger partial charge on any atom is -0.465 e. The lowest BCUT2D eigenvalue weighted by molar-refractivity contribution is -0.113. The van der Waals surface area contributed by atoms with Gasteiger partial charge in [-0.25, -0.2) is 4.79 Å². The van der Waals surface area contributed by atoms with E-state index >= 15 is 0 Å². The molecule has 30 heavy (non-hydrogen) atoms. The number of hydrogen-bond acceptors (Lipinski definition) is 6. The number of esters is 1. The Morgan fingerprint density at radius 1 is 1.13 bits per heavy atom. The van der Waals surface area contributed by atoms with E-state index in [9.17, 15) is 9.59 Å². The van der Waals surface area contributed by atoms with Crippen LogP contribution in [0.5, 0.6) is 0 Å². The molecule has 0 radical (unpaired) electrons. The van der Waals surface area contributed by atoms with Crippen LogP contribution >= 0.6 is 24.0 Å². The average molecular weight is 436 g/mol. The fourth-order valence-corrected chi connectivity index (χ4v) is 4.43. The van der Waals surface area contributed by atoms with Gasteiger partial charge in [0.05, 0.1) is 23.3 Å². The number of aryl methyl sites for hydroxylation is 1. The van der Waals surface area contributed by atoms with E-state index in [0.717, 1.165) is 11.3 Å². The van der Waals surface area contributed by atoms with Gasteiger partial charge in [0, 0.05) is 11.6 Å². The van der Waals surface area contributed by atoms with Crippen LogP contribution in [-0.4, -0.2) is 23.3 Å². The van der Waals surface area contributed by atoms with E-state index in [1.807, 2.05) is 37.3 Å². The van der Waals surface area contributed by atoms with Gasteiger partial charge < -0.3 is 9.15 Å². The van der Waals surface area contributed by atoms with Crippen molar-refractivity contribution in [2.75, 3.05) is 12.0 Å². The first-order valence-corrected chi connectivity index (χ1v) is 10.3. The summed E-state index contributed by atoms with van der Waals surface area (Å²) >= 11 is 6.65. The van der Waals surface area contributed by atoms with Gasteiger partial charge in [0.15, 0.2) is 4.32 Å². The number of rotatable bonds is 4. The quantitative estimate of drug-likeness (QED) is 0.309. The summed E-state index contributed by atoms with van der Waals surface area (Å²) in [5.41, 5.74) is 2.82. The third-order valence-corrected chi connectivity index (χ3v) is 5.85. The van der Waals surface area contributed by atoms with Crippen molar-refractivity contribution in [3.8, 4) is 11.3 Å². The maximum Gasteiger partial charge on any atom is 0.338 e. The van der Waals surface area contributed by atoms with Gasteiger partial charge in [-0.3, -0.25) is 9.69 Å². The highest BCUT2D eigenvalue weighted by Gasteiger charge is 2.33. The third-order valence-electron chi connectivity index (χ3n) is 4.55. The predicted octanol–water partition coefficient (Wildman–Crippen LogP) is 5.45. The normalized spacial score (nSPS) is 15.1. The number of anilines is 1. The van der Waals surface area contributed by atoms with E-state index in [0.29, 0.717) is 31.9 Å². The molecule has 150 valence electrons. The highest BCUT2D eigenvalue weighted by molar-refractivity contribution is 8.27. The van der Waals surface area contributed by atoms with Crippen LogP contribution in [0.2, 0.25) is 0 Å². The Balaban J connectivity index is 1.63. The van der Waals surface area contributed by atoms with Gasteiger partial charge in [-0.2, -0.15) is 0 Å². The smallest absolute Gasteiger partial charge is 0.338 e. The number of carbonyl (C=O) groups excluding carboxylic acids is 2. The molecule has 7 heteroatoms. The number of thiocarbonyl (C=S) groups is 1. The summed E-state index contributed by atoms with van der Waals surface area (Å²) in [5, 5.41) is 0. The van der Waals surface area contributed by atoms with Crippen molar-refractivity contribution in [3.05, 3.63) is 82.5 Å². The second-order valence-corrected chi connectivity index (χ2v) is 8.27. The van der Waals surface area contributed by atoms with E-state index in [1.165, 1.54) is 23.8 Å². The molecule has 0 atom stereocenters. The standard InChI is InChI=1S/C23H17NO4S2/c1-14-6-5-7-15(12-14)24-21(25)20(30-23(24)29)13-16-10-11-19(28-16)17-8-3-4-9-18(17)22(26)27-2/h3-13H,1-2H3/b20-13+. The van der Waals surface area contributed by atoms with Gasteiger partial charge in [0.2, 0.25) is 0 Å². The zero-order chi connectivity index (χ0) is 21.3. The summed E-state index contributed by atoms with van der Waals surface area (Å²) in [6, 6.07) is 18.2. The molecule has 2 heterocycles. The van der Waals surface area contributed by atoms with Crippen LogP contribution in [0.1, 0.15) is 21.7 Å². The summed E-state index contributed by atoms with van der Waals surface area (Å²) in [5.74, 6) is 0.372. The van der Waals surface area contributed by atoms with Gasteiger partial charge in [0.1, 0.15) is 11.5 Å². The Bertz CT molecular complexity index is 1200. The van der Waals surface area contributed by atoms with Gasteiger partial charge in [-0.1, -0.05) is 54.3 Å². The Hall–Kier alpha value is -3.16. The molecule has 4 rings (SSSR count). The minimum atomic E-state index is -0.442. The minimum absolute atomic E-state index is 0.191. The molecule has 3 aromatic rings. The number of carbonyl (C=O) groups is 2. The highest BCUT2D eigenvalue weighted by Crippen LogP contribution is 2.37. The summed E-state index contributed by atoms with van der Waals surface area (Å²) in [7, 11) is 1.34. The van der Waals surface area contributed by atoms with E-state index in [-0.39, 0.29) is 5.91 Å². The molecular weight excluding hydrogens is 418 g/mol. The van der Waals surface area contributed by atoms with E-state index in [2.05, 4.69) is 0 Å². The number of furan rings is 1. The molecule has 0 spiro atoms. The molecule has 1 aliphatic rings. The lowest BCUT2D eigenvalue weighted by Gasteiger charge is -2.14. The summed E-state index contributed by atoms with van der Waals surface area (Å²) in [4.78, 5) is 27.0. The predicted molar refractivity (Wildman–Crippen MR) is 122 cm³/mol. The number of amides is 1. The number of ether oxygens (including phenoxy) is 1. The zero-order valence-electron chi connectivity index (χ0n) is 16.2. The lowest BCUT2D eigenvalue weighted by Crippen LogP contribution is -2.27. The molecule has 0 unspecified atom stereocenters. The molecule has 0 bridgehead atoms. The van der Waals surface area contributed by atoms with Crippen molar-refractivity contribution in [2.45, 2.75) is 6.92 Å². The second-order valence-electron chi connectivity index (χ2n) is 6.60.